The molecule has 0 amide bonds. The van der Waals surface area contributed by atoms with Gasteiger partial charge in [-0.1, -0.05) is 5.16 Å². The summed E-state index contributed by atoms with van der Waals surface area (Å²) in [6, 6.07) is 3.28. The molecule has 4 aromatic rings. The average Bonchev–Trinajstić information content (AvgIpc) is 3.16. The maximum Gasteiger partial charge on any atom is 0.280 e. The van der Waals surface area contributed by atoms with Crippen molar-refractivity contribution in [1.29, 1.82) is 0 Å². The Morgan fingerprint density at radius 1 is 1.20 bits per heavy atom. The van der Waals surface area contributed by atoms with Gasteiger partial charge in [0.05, 0.1) is 6.33 Å². The first-order valence-electron chi connectivity index (χ1n) is 9.64. The quantitative estimate of drug-likeness (QED) is 0.459. The zero-order chi connectivity index (χ0) is 20.4. The number of imidazole rings is 1. The number of piperidine rings is 1. The van der Waals surface area contributed by atoms with Gasteiger partial charge in [0, 0.05) is 44.0 Å². The first-order chi connectivity index (χ1) is 14.6. The fourth-order valence-corrected chi connectivity index (χ4v) is 4.51. The molecule has 11 heteroatoms. The topological polar surface area (TPSA) is 108 Å². The number of nitrogens with zero attached hydrogens (tertiary/aromatic N) is 8. The third-order valence-corrected chi connectivity index (χ3v) is 6.06. The third kappa shape index (κ3) is 2.61. The molecule has 2 aliphatic rings. The van der Waals surface area contributed by atoms with Crippen LogP contribution in [0.15, 0.2) is 40.3 Å². The summed E-state index contributed by atoms with van der Waals surface area (Å²) in [5.74, 6) is 1.64. The molecule has 6 rings (SSSR count). The summed E-state index contributed by atoms with van der Waals surface area (Å²) in [6.45, 7) is 1.80. The monoisotopic (exact) mass is 408 g/mol. The van der Waals surface area contributed by atoms with E-state index in [2.05, 4.69) is 30.0 Å². The zero-order valence-electron chi connectivity index (χ0n) is 16.0. The molecule has 152 valence electrons. The van der Waals surface area contributed by atoms with Crippen LogP contribution in [0.3, 0.4) is 0 Å². The Hall–Kier alpha value is -3.63. The highest BCUT2D eigenvalue weighted by Gasteiger charge is 2.58. The van der Waals surface area contributed by atoms with Crippen molar-refractivity contribution in [3.8, 4) is 0 Å². The van der Waals surface area contributed by atoms with Crippen molar-refractivity contribution >= 4 is 16.9 Å². The Balaban J connectivity index is 1.17. The molecule has 2 fully saturated rings. The zero-order valence-corrected chi connectivity index (χ0v) is 16.0. The van der Waals surface area contributed by atoms with E-state index in [0.29, 0.717) is 34.7 Å². The van der Waals surface area contributed by atoms with Gasteiger partial charge >= 0.3 is 0 Å². The number of fused-ring (bicyclic) bond motifs is 2. The van der Waals surface area contributed by atoms with Gasteiger partial charge < -0.3 is 14.0 Å². The summed E-state index contributed by atoms with van der Waals surface area (Å²) in [4.78, 5) is 31.2. The predicted octanol–water partition coefficient (Wildman–Crippen LogP) is 0.945. The van der Waals surface area contributed by atoms with Gasteiger partial charge in [-0.25, -0.2) is 15.0 Å². The van der Waals surface area contributed by atoms with E-state index in [1.54, 1.807) is 17.9 Å². The van der Waals surface area contributed by atoms with E-state index in [0.717, 1.165) is 18.8 Å². The molecule has 4 aromatic heterocycles. The highest BCUT2D eigenvalue weighted by atomic mass is 19.1. The van der Waals surface area contributed by atoms with Crippen LogP contribution in [0.5, 0.6) is 0 Å². The average molecular weight is 408 g/mol. The molecule has 0 unspecified atom stereocenters. The van der Waals surface area contributed by atoms with Crippen molar-refractivity contribution in [1.82, 2.24) is 34.2 Å². The Labute approximate surface area is 169 Å². The molecule has 0 spiro atoms. The van der Waals surface area contributed by atoms with Crippen LogP contribution >= 0.6 is 0 Å². The lowest BCUT2D eigenvalue weighted by Crippen LogP contribution is -2.24. The van der Waals surface area contributed by atoms with Crippen LogP contribution in [0.25, 0.3) is 11.2 Å². The summed E-state index contributed by atoms with van der Waals surface area (Å²) in [5, 5.41) is 4.14. The van der Waals surface area contributed by atoms with E-state index >= 15 is 0 Å². The van der Waals surface area contributed by atoms with Crippen LogP contribution in [0, 0.1) is 17.8 Å². The minimum absolute atomic E-state index is 0.157. The van der Waals surface area contributed by atoms with E-state index in [1.807, 2.05) is 6.07 Å². The van der Waals surface area contributed by atoms with Crippen molar-refractivity contribution in [2.24, 2.45) is 18.9 Å². The van der Waals surface area contributed by atoms with E-state index in [4.69, 9.17) is 4.52 Å². The molecule has 0 radical (unpaired) electrons. The Bertz CT molecular complexity index is 1320. The highest BCUT2D eigenvalue weighted by Crippen LogP contribution is 2.57. The van der Waals surface area contributed by atoms with Crippen LogP contribution < -0.4 is 10.5 Å². The number of aryl methyl sites for hydroxylation is 1. The molecule has 1 aliphatic carbocycles. The number of pyridine rings is 1. The molecule has 10 nitrogen and oxygen atoms in total. The van der Waals surface area contributed by atoms with Gasteiger partial charge in [0.2, 0.25) is 11.8 Å². The fourth-order valence-electron chi connectivity index (χ4n) is 4.51. The van der Waals surface area contributed by atoms with Crippen LogP contribution in [0.2, 0.25) is 0 Å². The lowest BCUT2D eigenvalue weighted by Gasteiger charge is -2.21. The van der Waals surface area contributed by atoms with Crippen LogP contribution in [-0.4, -0.2) is 47.3 Å². The van der Waals surface area contributed by atoms with E-state index in [9.17, 15) is 9.18 Å². The van der Waals surface area contributed by atoms with Crippen molar-refractivity contribution in [2.45, 2.75) is 12.5 Å². The molecular weight excluding hydrogens is 391 g/mol. The second-order valence-corrected chi connectivity index (χ2v) is 7.85. The third-order valence-electron chi connectivity index (χ3n) is 6.06. The number of rotatable bonds is 4. The summed E-state index contributed by atoms with van der Waals surface area (Å²) in [7, 11) is 1.75. The van der Waals surface area contributed by atoms with E-state index in [1.165, 1.54) is 23.2 Å². The van der Waals surface area contributed by atoms with Crippen molar-refractivity contribution in [2.75, 3.05) is 18.0 Å². The van der Waals surface area contributed by atoms with Gasteiger partial charge in [-0.2, -0.15) is 9.37 Å². The van der Waals surface area contributed by atoms with Crippen LogP contribution in [-0.2, 0) is 13.6 Å². The molecule has 3 atom stereocenters. The lowest BCUT2D eigenvalue weighted by molar-refractivity contribution is 0.363. The summed E-state index contributed by atoms with van der Waals surface area (Å²) in [6.07, 6.45) is 4.49. The number of hydrogen-bond donors (Lipinski definition) is 0. The van der Waals surface area contributed by atoms with Gasteiger partial charge in [-0.05, 0) is 17.9 Å². The van der Waals surface area contributed by atoms with Gasteiger partial charge in [0.25, 0.3) is 5.56 Å². The molecular formula is C19H17FN8O2. The van der Waals surface area contributed by atoms with Crippen molar-refractivity contribution < 1.29 is 8.91 Å². The number of anilines is 1. The maximum absolute atomic E-state index is 13.4. The Morgan fingerprint density at radius 2 is 2.00 bits per heavy atom. The smallest absolute Gasteiger partial charge is 0.280 e. The molecule has 1 saturated carbocycles. The summed E-state index contributed by atoms with van der Waals surface area (Å²) < 4.78 is 21.8. The minimum atomic E-state index is -0.471. The largest absolute Gasteiger partial charge is 0.371 e. The second kappa shape index (κ2) is 6.18. The first-order valence-corrected chi connectivity index (χ1v) is 9.64. The summed E-state index contributed by atoms with van der Waals surface area (Å²) in [5.41, 5.74) is 1.49. The van der Waals surface area contributed by atoms with E-state index in [-0.39, 0.29) is 18.0 Å². The fraction of sp³-hybridized carbons (Fsp3) is 0.368. The molecule has 0 N–H and O–H groups in total. The number of aromatic nitrogens is 7. The molecule has 1 aliphatic heterocycles. The predicted molar refractivity (Wildman–Crippen MR) is 102 cm³/mol. The van der Waals surface area contributed by atoms with Crippen LogP contribution in [0.1, 0.15) is 17.6 Å². The van der Waals surface area contributed by atoms with Crippen molar-refractivity contribution in [3.63, 3.8) is 0 Å². The van der Waals surface area contributed by atoms with E-state index < -0.39 is 5.95 Å². The molecule has 5 heterocycles. The number of halogens is 1. The SMILES string of the molecule is Cn1cnc2ncn(Cc3nc([C@@H]4[C@@H]5CN(c6ccnc(F)c6)C[C@@H]54)no3)c(=O)c21. The molecule has 30 heavy (non-hydrogen) atoms. The summed E-state index contributed by atoms with van der Waals surface area (Å²) >= 11 is 0. The standard InChI is InChI=1S/C19H17FN8O2/c1-26-8-22-18-16(26)19(29)28(9-23-18)7-14-24-17(25-30-14)15-11-5-27(6-12(11)15)10-2-3-21-13(20)4-10/h2-4,8-9,11-12,15H,5-7H2,1H3/t11-,12+,15-. The normalized spacial score (nSPS) is 22.6. The van der Waals surface area contributed by atoms with Gasteiger partial charge in [-0.15, -0.1) is 0 Å². The molecule has 0 bridgehead atoms. The first kappa shape index (κ1) is 17.2. The van der Waals surface area contributed by atoms with Crippen molar-refractivity contribution in [3.05, 3.63) is 59.0 Å². The Kier molecular flexibility index (Phi) is 3.55. The minimum Gasteiger partial charge on any atom is -0.371 e. The molecule has 1 saturated heterocycles. The van der Waals surface area contributed by atoms with Gasteiger partial charge in [0.15, 0.2) is 17.0 Å². The maximum atomic E-state index is 13.4. The number of hydrogen-bond acceptors (Lipinski definition) is 8. The highest BCUT2D eigenvalue weighted by molar-refractivity contribution is 5.68. The van der Waals surface area contributed by atoms with Gasteiger partial charge in [0.1, 0.15) is 12.9 Å². The molecule has 0 aromatic carbocycles. The Morgan fingerprint density at radius 3 is 2.80 bits per heavy atom. The lowest BCUT2D eigenvalue weighted by atomic mass is 10.2. The van der Waals surface area contributed by atoms with Gasteiger partial charge in [-0.3, -0.25) is 9.36 Å². The van der Waals surface area contributed by atoms with Crippen LogP contribution in [0.4, 0.5) is 10.1 Å². The second-order valence-electron chi connectivity index (χ2n) is 7.85.